The number of benzene rings is 2. The van der Waals surface area contributed by atoms with Crippen molar-refractivity contribution in [2.24, 2.45) is 11.3 Å². The van der Waals surface area contributed by atoms with E-state index in [0.29, 0.717) is 31.8 Å². The minimum atomic E-state index is -1.35. The molecule has 1 fully saturated rings. The van der Waals surface area contributed by atoms with Gasteiger partial charge in [0, 0.05) is 49.5 Å². The van der Waals surface area contributed by atoms with E-state index in [9.17, 15) is 29.4 Å². The van der Waals surface area contributed by atoms with Gasteiger partial charge < -0.3 is 35.4 Å². The number of pyridine rings is 1. The first-order chi connectivity index (χ1) is 28.2. The van der Waals surface area contributed by atoms with Gasteiger partial charge in [0.25, 0.3) is 5.91 Å². The van der Waals surface area contributed by atoms with Crippen LogP contribution in [0.4, 0.5) is 9.59 Å². The minimum absolute atomic E-state index is 0.138. The maximum atomic E-state index is 14.5. The van der Waals surface area contributed by atoms with Crippen LogP contribution in [0.2, 0.25) is 0 Å². The predicted molar refractivity (Wildman–Crippen MR) is 225 cm³/mol. The molecule has 0 spiro atoms. The first-order valence-electron chi connectivity index (χ1n) is 19.8. The van der Waals surface area contributed by atoms with Crippen LogP contribution >= 0.6 is 11.3 Å². The number of carbonyl (C=O) groups is 4. The Hall–Kier alpha value is -5.58. The molecular weight excluding hydrogens is 773 g/mol. The zero-order chi connectivity index (χ0) is 42.7. The summed E-state index contributed by atoms with van der Waals surface area (Å²) < 4.78 is 5.31. The largest absolute Gasteiger partial charge is 0.497 e. The molecule has 15 nitrogen and oxygen atoms in total. The standard InChI is InChI=1S/C43H56N8O7S/c1-7-28(2)36(51-21-20-49(42(51)57)25-32-27-59-40(45-32)31-14-11-19-44-23-31)38(53)46-34(22-29-12-9-8-10-13-29)35(52)26-50(24-30-15-17-33(58-6)18-16-30)48-39(54)37(43(3,4)5)47-41(55)56/h8-19,23,27-28,34-37,47,52H,7,20-22,24-26H2,1-6H3,(H,46,53)(H,48,54)(H,55,56)/t28-,34-,35-,36-,37+/m0/s1. The molecule has 2 aromatic heterocycles. The van der Waals surface area contributed by atoms with Crippen molar-refractivity contribution < 1.29 is 34.1 Å². The maximum absolute atomic E-state index is 14.5. The summed E-state index contributed by atoms with van der Waals surface area (Å²) in [5, 5.41) is 31.3. The normalized spacial score (nSPS) is 15.6. The van der Waals surface area contributed by atoms with Gasteiger partial charge in [0.05, 0.1) is 31.5 Å². The number of urea groups is 1. The smallest absolute Gasteiger partial charge is 0.405 e. The lowest BCUT2D eigenvalue weighted by molar-refractivity contribution is -0.132. The summed E-state index contributed by atoms with van der Waals surface area (Å²) in [6.07, 6.45) is 1.74. The molecule has 0 unspecified atom stereocenters. The number of nitrogens with zero attached hydrogens (tertiary/aromatic N) is 5. The number of nitrogens with one attached hydrogen (secondary N) is 3. The van der Waals surface area contributed by atoms with Gasteiger partial charge in [-0.3, -0.25) is 20.0 Å². The van der Waals surface area contributed by atoms with Crippen LogP contribution in [0.3, 0.4) is 0 Å². The number of rotatable bonds is 19. The summed E-state index contributed by atoms with van der Waals surface area (Å²) in [7, 11) is 1.56. The monoisotopic (exact) mass is 828 g/mol. The number of hydrogen-bond acceptors (Lipinski definition) is 10. The Labute approximate surface area is 349 Å². The molecule has 5 atom stereocenters. The van der Waals surface area contributed by atoms with Crippen LogP contribution in [0.5, 0.6) is 5.75 Å². The Balaban J connectivity index is 1.37. The van der Waals surface area contributed by atoms with E-state index in [2.05, 4.69) is 21.0 Å². The van der Waals surface area contributed by atoms with Crippen molar-refractivity contribution in [2.45, 2.75) is 84.8 Å². The van der Waals surface area contributed by atoms with Gasteiger partial charge in [0.15, 0.2) is 0 Å². The Morgan fingerprint density at radius 2 is 1.71 bits per heavy atom. The number of hydrogen-bond donors (Lipinski definition) is 5. The van der Waals surface area contributed by atoms with E-state index >= 15 is 0 Å². The number of aliphatic hydroxyl groups excluding tert-OH is 1. The summed E-state index contributed by atoms with van der Waals surface area (Å²) in [6.45, 7) is 10.2. The predicted octanol–water partition coefficient (Wildman–Crippen LogP) is 5.17. The summed E-state index contributed by atoms with van der Waals surface area (Å²) in [5.74, 6) is -0.579. The molecule has 59 heavy (non-hydrogen) atoms. The topological polar surface area (TPSA) is 190 Å². The number of hydrazine groups is 1. The summed E-state index contributed by atoms with van der Waals surface area (Å²) in [4.78, 5) is 66.2. The van der Waals surface area contributed by atoms with Gasteiger partial charge >= 0.3 is 12.1 Å². The van der Waals surface area contributed by atoms with Crippen molar-refractivity contribution in [2.75, 3.05) is 26.7 Å². The molecule has 2 aromatic carbocycles. The van der Waals surface area contributed by atoms with E-state index in [1.54, 1.807) is 62.2 Å². The highest BCUT2D eigenvalue weighted by Crippen LogP contribution is 2.27. The van der Waals surface area contributed by atoms with Crippen molar-refractivity contribution in [3.05, 3.63) is 101 Å². The van der Waals surface area contributed by atoms with Gasteiger partial charge in [0.2, 0.25) is 5.91 Å². The van der Waals surface area contributed by atoms with Gasteiger partial charge in [-0.05, 0) is 53.1 Å². The Bertz CT molecular complexity index is 1990. The van der Waals surface area contributed by atoms with Gasteiger partial charge in [-0.2, -0.15) is 0 Å². The average molecular weight is 829 g/mol. The second-order valence-corrected chi connectivity index (χ2v) is 16.8. The van der Waals surface area contributed by atoms with E-state index in [0.717, 1.165) is 27.4 Å². The van der Waals surface area contributed by atoms with Crippen molar-refractivity contribution in [3.63, 3.8) is 0 Å². The van der Waals surface area contributed by atoms with E-state index in [1.165, 1.54) is 16.3 Å². The summed E-state index contributed by atoms with van der Waals surface area (Å²) >= 11 is 1.48. The van der Waals surface area contributed by atoms with Crippen molar-refractivity contribution in [1.29, 1.82) is 0 Å². The number of carboxylic acid groups (broad SMARTS) is 1. The number of thiazole rings is 1. The number of carbonyl (C=O) groups excluding carboxylic acids is 3. The van der Waals surface area contributed by atoms with Crippen molar-refractivity contribution in [1.82, 2.24) is 40.8 Å². The van der Waals surface area contributed by atoms with Gasteiger partial charge in [-0.1, -0.05) is 83.5 Å². The second kappa shape index (κ2) is 20.4. The zero-order valence-corrected chi connectivity index (χ0v) is 35.3. The van der Waals surface area contributed by atoms with E-state index in [-0.39, 0.29) is 31.5 Å². The molecule has 0 saturated carbocycles. The molecule has 0 bridgehead atoms. The lowest BCUT2D eigenvalue weighted by Crippen LogP contribution is -2.60. The Morgan fingerprint density at radius 3 is 2.34 bits per heavy atom. The maximum Gasteiger partial charge on any atom is 0.405 e. The third-order valence-corrected chi connectivity index (χ3v) is 11.4. The molecule has 1 aliphatic heterocycles. The average Bonchev–Trinajstić information content (AvgIpc) is 3.83. The van der Waals surface area contributed by atoms with Crippen LogP contribution in [0.15, 0.2) is 84.5 Å². The molecule has 16 heteroatoms. The minimum Gasteiger partial charge on any atom is -0.497 e. The fourth-order valence-corrected chi connectivity index (χ4v) is 7.83. The third kappa shape index (κ3) is 12.2. The summed E-state index contributed by atoms with van der Waals surface area (Å²) in [5.41, 5.74) is 5.34. The molecule has 4 aromatic rings. The Morgan fingerprint density at radius 1 is 0.983 bits per heavy atom. The fraction of sp³-hybridized carbons (Fsp3) is 0.442. The molecule has 0 radical (unpaired) electrons. The zero-order valence-electron chi connectivity index (χ0n) is 34.5. The highest BCUT2D eigenvalue weighted by molar-refractivity contribution is 7.13. The van der Waals surface area contributed by atoms with Crippen LogP contribution in [-0.2, 0) is 29.1 Å². The van der Waals surface area contributed by atoms with Gasteiger partial charge in [-0.15, -0.1) is 11.3 Å². The second-order valence-electron chi connectivity index (χ2n) is 15.9. The summed E-state index contributed by atoms with van der Waals surface area (Å²) in [6, 6.07) is 17.4. The first-order valence-corrected chi connectivity index (χ1v) is 20.6. The van der Waals surface area contributed by atoms with Crippen LogP contribution in [0, 0.1) is 11.3 Å². The fourth-order valence-electron chi connectivity index (χ4n) is 7.03. The van der Waals surface area contributed by atoms with Crippen LogP contribution in [0.25, 0.3) is 10.6 Å². The third-order valence-electron chi connectivity index (χ3n) is 10.4. The van der Waals surface area contributed by atoms with E-state index < -0.39 is 47.6 Å². The molecule has 0 aliphatic carbocycles. The van der Waals surface area contributed by atoms with Crippen LogP contribution in [0.1, 0.15) is 57.9 Å². The Kier molecular flexibility index (Phi) is 15.4. The number of amides is 5. The number of ether oxygens (including phenoxy) is 1. The quantitative estimate of drug-likeness (QED) is 0.0789. The number of methoxy groups -OCH3 is 1. The molecule has 5 rings (SSSR count). The lowest BCUT2D eigenvalue weighted by atomic mass is 9.86. The van der Waals surface area contributed by atoms with Crippen molar-refractivity contribution >= 4 is 35.3 Å². The number of aliphatic hydroxyl groups is 1. The van der Waals surface area contributed by atoms with E-state index in [4.69, 9.17) is 9.72 Å². The molecule has 5 amide bonds. The first kappa shape index (κ1) is 44.5. The molecule has 1 saturated heterocycles. The SMILES string of the molecule is CC[C@H](C)[C@@H](C(=O)N[C@@H](Cc1ccccc1)[C@@H](O)CN(Cc1ccc(OC)cc1)NC(=O)[C@@H](NC(=O)O)C(C)(C)C)N1CCN(Cc2csc(-c3cccnc3)n2)C1=O. The van der Waals surface area contributed by atoms with Crippen LogP contribution < -0.4 is 20.8 Å². The number of aromatic nitrogens is 2. The highest BCUT2D eigenvalue weighted by Gasteiger charge is 2.41. The molecular formula is C43H56N8O7S. The molecule has 316 valence electrons. The molecule has 5 N–H and O–H groups in total. The molecule has 1 aliphatic rings. The van der Waals surface area contributed by atoms with Crippen LogP contribution in [-0.4, -0.2) is 110 Å². The van der Waals surface area contributed by atoms with Gasteiger partial charge in [-0.25, -0.2) is 19.6 Å². The highest BCUT2D eigenvalue weighted by atomic mass is 32.1. The van der Waals surface area contributed by atoms with Gasteiger partial charge in [0.1, 0.15) is 22.8 Å². The molecule has 3 heterocycles. The lowest BCUT2D eigenvalue weighted by Gasteiger charge is -2.36. The van der Waals surface area contributed by atoms with E-state index in [1.807, 2.05) is 73.8 Å². The van der Waals surface area contributed by atoms with Crippen molar-refractivity contribution in [3.8, 4) is 16.3 Å².